The lowest BCUT2D eigenvalue weighted by molar-refractivity contribution is -0.150. The van der Waals surface area contributed by atoms with Gasteiger partial charge < -0.3 is 24.4 Å². The van der Waals surface area contributed by atoms with Gasteiger partial charge in [0.2, 0.25) is 11.8 Å². The first-order chi connectivity index (χ1) is 22.0. The highest BCUT2D eigenvalue weighted by Crippen LogP contribution is 2.60. The average Bonchev–Trinajstić information content (AvgIpc) is 3.45. The Morgan fingerprint density at radius 1 is 0.978 bits per heavy atom. The highest BCUT2D eigenvalue weighted by Gasteiger charge is 2.66. The molecule has 1 spiro atoms. The number of nitrogens with zero attached hydrogens (tertiary/aromatic N) is 3. The van der Waals surface area contributed by atoms with Crippen LogP contribution in [0, 0.1) is 5.92 Å². The third-order valence-corrected chi connectivity index (χ3v) is 13.2. The first-order valence-electron chi connectivity index (χ1n) is 16.2. The minimum absolute atomic E-state index is 0.0161. The standard InChI is InChI=1S/C36H41N3O6Si/c1-22-34(46(3,4)44)31(19-33(42)38-20-25-11-6-5-10-24(25)17-27(38)21-40)45-36(22)28-18-26(14-15-30(28)37(2)35(36)43)39-29-12-8-7-9-23(29)13-16-32(39)41/h5-12,14-15,18,22,27,31,34,40,44H,13,16-17,19-21H2,1-4H3/t22-,27+,31+,34-,36+/m1/s1. The molecule has 0 aliphatic carbocycles. The molecule has 0 saturated carbocycles. The lowest BCUT2D eigenvalue weighted by Crippen LogP contribution is -2.48. The molecule has 0 aromatic heterocycles. The van der Waals surface area contributed by atoms with Crippen molar-refractivity contribution in [1.82, 2.24) is 4.90 Å². The summed E-state index contributed by atoms with van der Waals surface area (Å²) in [4.78, 5) is 58.4. The number of aliphatic hydroxyl groups is 1. The maximum absolute atomic E-state index is 14.3. The van der Waals surface area contributed by atoms with Crippen molar-refractivity contribution in [3.63, 3.8) is 0 Å². The van der Waals surface area contributed by atoms with E-state index < -0.39 is 31.5 Å². The van der Waals surface area contributed by atoms with Crippen molar-refractivity contribution < 1.29 is 29.0 Å². The second-order valence-electron chi connectivity index (χ2n) is 13.8. The Balaban J connectivity index is 1.26. The van der Waals surface area contributed by atoms with Gasteiger partial charge in [0, 0.05) is 42.7 Å². The zero-order chi connectivity index (χ0) is 32.5. The van der Waals surface area contributed by atoms with E-state index in [1.54, 1.807) is 21.7 Å². The number of carbonyl (C=O) groups is 3. The second kappa shape index (κ2) is 11.2. The van der Waals surface area contributed by atoms with E-state index >= 15 is 0 Å². The number of likely N-dealkylation sites (N-methyl/N-ethyl adjacent to an activating group) is 1. The fourth-order valence-corrected chi connectivity index (χ4v) is 11.1. The smallest absolute Gasteiger partial charge is 0.264 e. The molecule has 10 heteroatoms. The van der Waals surface area contributed by atoms with Gasteiger partial charge in [0.25, 0.3) is 5.91 Å². The molecule has 3 amide bonds. The quantitative estimate of drug-likeness (QED) is 0.401. The molecule has 7 rings (SSSR count). The van der Waals surface area contributed by atoms with E-state index in [0.717, 1.165) is 22.4 Å². The minimum atomic E-state index is -3.00. The Kier molecular flexibility index (Phi) is 7.47. The van der Waals surface area contributed by atoms with Crippen molar-refractivity contribution in [2.45, 2.75) is 75.5 Å². The summed E-state index contributed by atoms with van der Waals surface area (Å²) in [5, 5.41) is 10.2. The molecule has 2 N–H and O–H groups in total. The van der Waals surface area contributed by atoms with E-state index in [2.05, 4.69) is 0 Å². The molecule has 3 aromatic rings. The highest BCUT2D eigenvalue weighted by atomic mass is 28.4. The van der Waals surface area contributed by atoms with Crippen LogP contribution in [0.2, 0.25) is 18.6 Å². The lowest BCUT2D eigenvalue weighted by Gasteiger charge is -2.37. The minimum Gasteiger partial charge on any atom is -0.432 e. The molecule has 4 aliphatic heterocycles. The number of hydrogen-bond donors (Lipinski definition) is 2. The summed E-state index contributed by atoms with van der Waals surface area (Å²) in [6, 6.07) is 21.1. The van der Waals surface area contributed by atoms with Crippen LogP contribution in [-0.2, 0) is 44.1 Å². The third kappa shape index (κ3) is 4.65. The number of hydrogen-bond acceptors (Lipinski definition) is 6. The summed E-state index contributed by atoms with van der Waals surface area (Å²) in [6.45, 7) is 5.85. The van der Waals surface area contributed by atoms with Crippen molar-refractivity contribution in [2.75, 3.05) is 23.5 Å². The van der Waals surface area contributed by atoms with Gasteiger partial charge in [0.1, 0.15) is 0 Å². The van der Waals surface area contributed by atoms with Crippen LogP contribution < -0.4 is 9.80 Å². The Hall–Kier alpha value is -3.83. The van der Waals surface area contributed by atoms with Crippen LogP contribution in [0.1, 0.15) is 42.0 Å². The Morgan fingerprint density at radius 2 is 1.67 bits per heavy atom. The van der Waals surface area contributed by atoms with Gasteiger partial charge in [-0.25, -0.2) is 0 Å². The Labute approximate surface area is 270 Å². The van der Waals surface area contributed by atoms with Crippen LogP contribution in [0.25, 0.3) is 0 Å². The number of fused-ring (bicyclic) bond motifs is 4. The molecule has 9 nitrogen and oxygen atoms in total. The molecule has 5 atom stereocenters. The summed E-state index contributed by atoms with van der Waals surface area (Å²) in [7, 11) is -1.28. The van der Waals surface area contributed by atoms with Gasteiger partial charge in [-0.05, 0) is 66.9 Å². The molecule has 4 heterocycles. The van der Waals surface area contributed by atoms with Gasteiger partial charge in [-0.2, -0.15) is 0 Å². The van der Waals surface area contributed by atoms with Crippen molar-refractivity contribution in [2.24, 2.45) is 5.92 Å². The van der Waals surface area contributed by atoms with Crippen LogP contribution in [0.5, 0.6) is 0 Å². The van der Waals surface area contributed by atoms with Gasteiger partial charge in [0.15, 0.2) is 13.9 Å². The molecular weight excluding hydrogens is 598 g/mol. The molecule has 0 unspecified atom stereocenters. The number of ether oxygens (including phenoxy) is 1. The van der Waals surface area contributed by atoms with Crippen molar-refractivity contribution in [3.05, 3.63) is 89.0 Å². The fraction of sp³-hybridized carbons (Fsp3) is 0.417. The van der Waals surface area contributed by atoms with Crippen LogP contribution in [-0.4, -0.2) is 66.6 Å². The topological polar surface area (TPSA) is 111 Å². The summed E-state index contributed by atoms with van der Waals surface area (Å²) >= 11 is 0. The average molecular weight is 640 g/mol. The number of rotatable bonds is 5. The first-order valence-corrected chi connectivity index (χ1v) is 19.2. The van der Waals surface area contributed by atoms with E-state index in [1.165, 1.54) is 0 Å². The van der Waals surface area contributed by atoms with E-state index in [4.69, 9.17) is 4.74 Å². The van der Waals surface area contributed by atoms with Gasteiger partial charge in [-0.3, -0.25) is 19.3 Å². The number of amides is 3. The Bertz CT molecular complexity index is 1740. The fourth-order valence-electron chi connectivity index (χ4n) is 8.55. The molecular formula is C36H41N3O6Si. The summed E-state index contributed by atoms with van der Waals surface area (Å²) < 4.78 is 6.88. The zero-order valence-corrected chi connectivity index (χ0v) is 27.8. The Morgan fingerprint density at radius 3 is 2.39 bits per heavy atom. The summed E-state index contributed by atoms with van der Waals surface area (Å²) in [5.41, 5.74) is 4.24. The molecule has 240 valence electrons. The van der Waals surface area contributed by atoms with E-state index in [-0.39, 0.29) is 36.8 Å². The van der Waals surface area contributed by atoms with Crippen LogP contribution in [0.3, 0.4) is 0 Å². The predicted molar refractivity (Wildman–Crippen MR) is 177 cm³/mol. The normalized spacial score (nSPS) is 27.2. The van der Waals surface area contributed by atoms with E-state index in [1.807, 2.05) is 86.7 Å². The van der Waals surface area contributed by atoms with Crippen molar-refractivity contribution in [1.29, 1.82) is 0 Å². The van der Waals surface area contributed by atoms with Crippen LogP contribution in [0.4, 0.5) is 17.1 Å². The number of aryl methyl sites for hydroxylation is 1. The molecule has 46 heavy (non-hydrogen) atoms. The number of aliphatic hydroxyl groups excluding tert-OH is 1. The molecule has 0 bridgehead atoms. The largest absolute Gasteiger partial charge is 0.432 e. The zero-order valence-electron chi connectivity index (χ0n) is 26.8. The summed E-state index contributed by atoms with van der Waals surface area (Å²) in [6.07, 6.45) is 0.893. The third-order valence-electron chi connectivity index (χ3n) is 10.7. The maximum atomic E-state index is 14.3. The highest BCUT2D eigenvalue weighted by molar-refractivity contribution is 6.71. The molecule has 0 radical (unpaired) electrons. The first kappa shape index (κ1) is 30.8. The lowest BCUT2D eigenvalue weighted by atomic mass is 9.82. The van der Waals surface area contributed by atoms with Gasteiger partial charge >= 0.3 is 0 Å². The van der Waals surface area contributed by atoms with Crippen LogP contribution >= 0.6 is 0 Å². The number of para-hydroxylation sites is 1. The van der Waals surface area contributed by atoms with Crippen molar-refractivity contribution in [3.8, 4) is 0 Å². The van der Waals surface area contributed by atoms with Crippen molar-refractivity contribution >= 4 is 43.1 Å². The van der Waals surface area contributed by atoms with E-state index in [9.17, 15) is 24.3 Å². The number of anilines is 3. The van der Waals surface area contributed by atoms with Gasteiger partial charge in [-0.1, -0.05) is 49.4 Å². The monoisotopic (exact) mass is 639 g/mol. The SMILES string of the molecule is C[C@@H]1[C@@H]([Si](C)(C)O)[C@H](CC(=O)N2Cc3ccccc3C[C@H]2CO)O[C@@]12C(=O)N(C)c1ccc(N3C(=O)CCc4ccccc43)cc12. The summed E-state index contributed by atoms with van der Waals surface area (Å²) in [5.74, 6) is -0.869. The van der Waals surface area contributed by atoms with Gasteiger partial charge in [-0.15, -0.1) is 0 Å². The number of benzene rings is 3. The molecule has 1 fully saturated rings. The van der Waals surface area contributed by atoms with Crippen LogP contribution in [0.15, 0.2) is 66.7 Å². The molecule has 4 aliphatic rings. The maximum Gasteiger partial charge on any atom is 0.264 e. The van der Waals surface area contributed by atoms with E-state index in [0.29, 0.717) is 42.7 Å². The molecule has 1 saturated heterocycles. The predicted octanol–water partition coefficient (Wildman–Crippen LogP) is 4.41. The second-order valence-corrected chi connectivity index (χ2v) is 17.8. The number of carbonyl (C=O) groups excluding carboxylic acids is 3. The molecule has 3 aromatic carbocycles. The van der Waals surface area contributed by atoms with Gasteiger partial charge in [0.05, 0.1) is 36.5 Å².